The second-order valence-corrected chi connectivity index (χ2v) is 16.4. The van der Waals surface area contributed by atoms with E-state index in [2.05, 4.69) is 205 Å². The molecule has 0 amide bonds. The van der Waals surface area contributed by atoms with E-state index < -0.39 is 0 Å². The van der Waals surface area contributed by atoms with E-state index in [0.717, 1.165) is 127 Å². The minimum absolute atomic E-state index is 0.799. The first kappa shape index (κ1) is 36.1. The van der Waals surface area contributed by atoms with E-state index in [4.69, 9.17) is 13.3 Å². The molecule has 3 aromatic heterocycles. The Bertz CT molecular complexity index is 3880. The van der Waals surface area contributed by atoms with Crippen LogP contribution in [0, 0.1) is 0 Å². The van der Waals surface area contributed by atoms with E-state index in [-0.39, 0.29) is 0 Å². The lowest BCUT2D eigenvalue weighted by Gasteiger charge is -2.28. The van der Waals surface area contributed by atoms with E-state index in [0.29, 0.717) is 0 Å². The van der Waals surface area contributed by atoms with Crippen molar-refractivity contribution in [1.82, 2.24) is 0 Å². The summed E-state index contributed by atoms with van der Waals surface area (Å²) in [7, 11) is 0. The molecule has 0 radical (unpaired) electrons. The third kappa shape index (κ3) is 5.84. The number of nitrogens with zero attached hydrogens (tertiary/aromatic N) is 1. The molecule has 0 spiro atoms. The molecule has 4 heteroatoms. The lowest BCUT2D eigenvalue weighted by Crippen LogP contribution is -2.11. The summed E-state index contributed by atoms with van der Waals surface area (Å²) in [6.07, 6.45) is 0. The molecule has 0 fully saturated rings. The minimum atomic E-state index is 0.799. The van der Waals surface area contributed by atoms with Crippen molar-refractivity contribution in [3.05, 3.63) is 224 Å². The highest BCUT2D eigenvalue weighted by atomic mass is 16.3. The Balaban J connectivity index is 1.15. The molecule has 0 aliphatic heterocycles. The first-order chi connectivity index (χ1) is 31.7. The quantitative estimate of drug-likeness (QED) is 0.161. The second-order valence-electron chi connectivity index (χ2n) is 16.4. The van der Waals surface area contributed by atoms with Gasteiger partial charge in [0.1, 0.15) is 33.5 Å². The number of hydrogen-bond acceptors (Lipinski definition) is 4. The van der Waals surface area contributed by atoms with Gasteiger partial charge in [0.2, 0.25) is 0 Å². The predicted octanol–water partition coefficient (Wildman–Crippen LogP) is 17.5. The molecule has 300 valence electrons. The van der Waals surface area contributed by atoms with E-state index in [9.17, 15) is 0 Å². The largest absolute Gasteiger partial charge is 0.456 e. The van der Waals surface area contributed by atoms with Crippen molar-refractivity contribution in [2.45, 2.75) is 0 Å². The molecule has 0 aliphatic rings. The molecule has 0 N–H and O–H groups in total. The highest BCUT2D eigenvalue weighted by Gasteiger charge is 2.27. The van der Waals surface area contributed by atoms with Crippen LogP contribution in [0.25, 0.3) is 110 Å². The molecule has 0 saturated carbocycles. The van der Waals surface area contributed by atoms with Crippen LogP contribution < -0.4 is 4.90 Å². The number of fused-ring (bicyclic) bond motifs is 9. The van der Waals surface area contributed by atoms with Crippen molar-refractivity contribution >= 4 is 82.9 Å². The van der Waals surface area contributed by atoms with Crippen LogP contribution >= 0.6 is 0 Å². The van der Waals surface area contributed by atoms with E-state index >= 15 is 0 Å². The van der Waals surface area contributed by atoms with Crippen molar-refractivity contribution in [3.63, 3.8) is 0 Å². The van der Waals surface area contributed by atoms with Crippen molar-refractivity contribution in [3.8, 4) is 44.5 Å². The summed E-state index contributed by atoms with van der Waals surface area (Å²) < 4.78 is 20.7. The van der Waals surface area contributed by atoms with Crippen LogP contribution in [0.3, 0.4) is 0 Å². The molecule has 4 nitrogen and oxygen atoms in total. The molecular formula is C60H37NO3. The molecule has 0 atom stereocenters. The lowest BCUT2D eigenvalue weighted by molar-refractivity contribution is 0.669. The van der Waals surface area contributed by atoms with Crippen molar-refractivity contribution < 1.29 is 13.3 Å². The first-order valence-corrected chi connectivity index (χ1v) is 21.6. The topological polar surface area (TPSA) is 42.7 Å². The van der Waals surface area contributed by atoms with Crippen LogP contribution in [0.15, 0.2) is 238 Å². The number of anilines is 3. The summed E-state index contributed by atoms with van der Waals surface area (Å²) in [5.74, 6) is 0. The Morgan fingerprint density at radius 2 is 0.766 bits per heavy atom. The lowest BCUT2D eigenvalue weighted by atomic mass is 9.97. The molecule has 13 rings (SSSR count). The van der Waals surface area contributed by atoms with Gasteiger partial charge in [0.05, 0.1) is 22.1 Å². The molecule has 0 bridgehead atoms. The maximum Gasteiger partial charge on any atom is 0.145 e. The van der Waals surface area contributed by atoms with Gasteiger partial charge in [-0.25, -0.2) is 0 Å². The van der Waals surface area contributed by atoms with Gasteiger partial charge in [-0.05, 0) is 106 Å². The summed E-state index contributed by atoms with van der Waals surface area (Å²) in [6, 6.07) is 79.0. The average molecular weight is 820 g/mol. The molecular weight excluding hydrogens is 783 g/mol. The van der Waals surface area contributed by atoms with Crippen LogP contribution in [0.2, 0.25) is 0 Å². The van der Waals surface area contributed by atoms with Crippen LogP contribution in [-0.4, -0.2) is 0 Å². The zero-order valence-electron chi connectivity index (χ0n) is 34.5. The summed E-state index contributed by atoms with van der Waals surface area (Å²) in [5, 5.41) is 6.23. The Kier molecular flexibility index (Phi) is 8.18. The zero-order chi connectivity index (χ0) is 42.1. The van der Waals surface area contributed by atoms with Gasteiger partial charge in [-0.2, -0.15) is 0 Å². The van der Waals surface area contributed by atoms with Gasteiger partial charge in [-0.15, -0.1) is 0 Å². The SMILES string of the molecule is c1ccc(-c2ccc3c(c2)oc2cc(-c4ccccc4)cc(N(c4ccc5c(c4)oc4ccccc45)c4ccc(-c5ccccc5)c5oc6cc(-c7ccccc7)ccc6c45)c23)cc1. The number of rotatable bonds is 7. The minimum Gasteiger partial charge on any atom is -0.456 e. The Labute approximate surface area is 368 Å². The summed E-state index contributed by atoms with van der Waals surface area (Å²) in [4.78, 5) is 2.39. The van der Waals surface area contributed by atoms with E-state index in [1.54, 1.807) is 0 Å². The molecule has 0 aliphatic carbocycles. The average Bonchev–Trinajstić information content (AvgIpc) is 4.06. The van der Waals surface area contributed by atoms with Gasteiger partial charge in [-0.3, -0.25) is 0 Å². The Morgan fingerprint density at radius 1 is 0.266 bits per heavy atom. The van der Waals surface area contributed by atoms with Gasteiger partial charge >= 0.3 is 0 Å². The second kappa shape index (κ2) is 14.5. The van der Waals surface area contributed by atoms with Gasteiger partial charge in [0.25, 0.3) is 0 Å². The predicted molar refractivity (Wildman–Crippen MR) is 265 cm³/mol. The highest BCUT2D eigenvalue weighted by Crippen LogP contribution is 2.51. The monoisotopic (exact) mass is 819 g/mol. The number of hydrogen-bond donors (Lipinski definition) is 0. The standard InChI is InChI=1S/C60H37NO3/c1-5-15-38(16-6-1)42-25-28-49-54(34-42)63-57-36-44(40-19-9-3-10-20-40)33-52(58(49)57)61(45-27-30-48-47-23-13-14-24-53(47)62-56(48)37-45)51-32-31-46(41-21-11-4-12-22-41)60-59(51)50-29-26-43(35-55(50)64-60)39-17-7-2-8-18-39/h1-37H. The third-order valence-corrected chi connectivity index (χ3v) is 12.7. The van der Waals surface area contributed by atoms with Gasteiger partial charge in [0.15, 0.2) is 0 Å². The summed E-state index contributed by atoms with van der Waals surface area (Å²) in [5.41, 5.74) is 16.5. The molecule has 0 unspecified atom stereocenters. The van der Waals surface area contributed by atoms with E-state index in [1.165, 1.54) is 0 Å². The van der Waals surface area contributed by atoms with Crippen molar-refractivity contribution in [2.24, 2.45) is 0 Å². The summed E-state index contributed by atoms with van der Waals surface area (Å²) in [6.45, 7) is 0. The van der Waals surface area contributed by atoms with Gasteiger partial charge in [0, 0.05) is 38.9 Å². The van der Waals surface area contributed by atoms with Gasteiger partial charge < -0.3 is 18.2 Å². The van der Waals surface area contributed by atoms with Crippen LogP contribution in [0.5, 0.6) is 0 Å². The molecule has 10 aromatic carbocycles. The number of para-hydroxylation sites is 1. The fourth-order valence-electron chi connectivity index (χ4n) is 9.63. The maximum absolute atomic E-state index is 7.10. The maximum atomic E-state index is 7.10. The van der Waals surface area contributed by atoms with Crippen LogP contribution in [0.1, 0.15) is 0 Å². The summed E-state index contributed by atoms with van der Waals surface area (Å²) >= 11 is 0. The Morgan fingerprint density at radius 3 is 1.44 bits per heavy atom. The zero-order valence-corrected chi connectivity index (χ0v) is 34.5. The third-order valence-electron chi connectivity index (χ3n) is 12.7. The fraction of sp³-hybridized carbons (Fsp3) is 0. The van der Waals surface area contributed by atoms with Crippen molar-refractivity contribution in [2.75, 3.05) is 4.90 Å². The smallest absolute Gasteiger partial charge is 0.145 e. The van der Waals surface area contributed by atoms with Crippen LogP contribution in [-0.2, 0) is 0 Å². The highest BCUT2D eigenvalue weighted by molar-refractivity contribution is 6.21. The Hall–Kier alpha value is -8.60. The molecule has 0 saturated heterocycles. The molecule has 13 aromatic rings. The van der Waals surface area contributed by atoms with Crippen LogP contribution in [0.4, 0.5) is 17.1 Å². The number of benzene rings is 10. The normalized spacial score (nSPS) is 11.8. The molecule has 3 heterocycles. The number of furan rings is 3. The van der Waals surface area contributed by atoms with Crippen molar-refractivity contribution in [1.29, 1.82) is 0 Å². The van der Waals surface area contributed by atoms with Gasteiger partial charge in [-0.1, -0.05) is 152 Å². The fourth-order valence-corrected chi connectivity index (χ4v) is 9.63. The first-order valence-electron chi connectivity index (χ1n) is 21.6. The van der Waals surface area contributed by atoms with E-state index in [1.807, 2.05) is 24.3 Å². The molecule has 64 heavy (non-hydrogen) atoms.